The summed E-state index contributed by atoms with van der Waals surface area (Å²) in [6.45, 7) is 0.471. The summed E-state index contributed by atoms with van der Waals surface area (Å²) in [6, 6.07) is 9.54. The summed E-state index contributed by atoms with van der Waals surface area (Å²) in [4.78, 5) is 20.1. The topological polar surface area (TPSA) is 77.2 Å². The highest BCUT2D eigenvalue weighted by Gasteiger charge is 2.12. The van der Waals surface area contributed by atoms with Crippen LogP contribution in [0.5, 0.6) is 5.75 Å². The summed E-state index contributed by atoms with van der Waals surface area (Å²) in [5.41, 5.74) is 1.20. The van der Waals surface area contributed by atoms with E-state index < -0.39 is 5.82 Å². The minimum atomic E-state index is -0.390. The Balaban J connectivity index is 1.48. The van der Waals surface area contributed by atoms with Crippen molar-refractivity contribution in [2.75, 3.05) is 6.54 Å². The Morgan fingerprint density at radius 1 is 1.28 bits per heavy atom. The Hall–Kier alpha value is -3.22. The Bertz CT molecular complexity index is 836. The lowest BCUT2D eigenvalue weighted by atomic mass is 10.2. The number of benzene rings is 1. The van der Waals surface area contributed by atoms with E-state index in [1.165, 1.54) is 18.4 Å². The lowest BCUT2D eigenvalue weighted by Crippen LogP contribution is -2.26. The molecule has 7 heteroatoms. The lowest BCUT2D eigenvalue weighted by molar-refractivity contribution is 0.0949. The maximum atomic E-state index is 13.1. The molecule has 25 heavy (non-hydrogen) atoms. The Morgan fingerprint density at radius 3 is 3.00 bits per heavy atom. The van der Waals surface area contributed by atoms with Gasteiger partial charge in [0.2, 0.25) is 5.89 Å². The van der Waals surface area contributed by atoms with Crippen LogP contribution < -0.4 is 10.1 Å². The molecule has 0 aliphatic rings. The van der Waals surface area contributed by atoms with Gasteiger partial charge in [-0.2, -0.15) is 0 Å². The summed E-state index contributed by atoms with van der Waals surface area (Å²) in [5, 5.41) is 2.76. The summed E-state index contributed by atoms with van der Waals surface area (Å²) in [6.07, 6.45) is 5.39. The molecule has 2 aromatic heterocycles. The number of aromatic nitrogens is 2. The highest BCUT2D eigenvalue weighted by atomic mass is 19.1. The number of rotatable bonds is 7. The minimum absolute atomic E-state index is 0.00637. The zero-order valence-electron chi connectivity index (χ0n) is 13.3. The van der Waals surface area contributed by atoms with Gasteiger partial charge in [0.15, 0.2) is 12.3 Å². The van der Waals surface area contributed by atoms with Gasteiger partial charge in [0.05, 0.1) is 0 Å². The molecule has 0 bridgehead atoms. The molecule has 128 valence electrons. The van der Waals surface area contributed by atoms with E-state index in [0.29, 0.717) is 18.7 Å². The van der Waals surface area contributed by atoms with Gasteiger partial charge in [-0.25, -0.2) is 9.37 Å². The van der Waals surface area contributed by atoms with Gasteiger partial charge >= 0.3 is 0 Å². The third-order valence-electron chi connectivity index (χ3n) is 3.36. The second kappa shape index (κ2) is 8.05. The maximum Gasteiger partial charge on any atom is 0.273 e. The smallest absolute Gasteiger partial charge is 0.273 e. The van der Waals surface area contributed by atoms with E-state index in [4.69, 9.17) is 9.15 Å². The molecule has 0 saturated carbocycles. The second-order valence-electron chi connectivity index (χ2n) is 5.24. The van der Waals surface area contributed by atoms with E-state index in [1.54, 1.807) is 24.5 Å². The fraction of sp³-hybridized carbons (Fsp3) is 0.167. The standard InChI is InChI=1S/C18H16FN3O3/c19-14-4-1-5-15(9-14)24-12-17-22-16(11-25-17)18(23)21-8-6-13-3-2-7-20-10-13/h1-5,7,9-11H,6,8,12H2,(H,21,23). The molecule has 0 saturated heterocycles. The highest BCUT2D eigenvalue weighted by Crippen LogP contribution is 2.14. The number of halogens is 1. The van der Waals surface area contributed by atoms with Crippen molar-refractivity contribution in [1.29, 1.82) is 0 Å². The number of oxazole rings is 1. The molecule has 0 unspecified atom stereocenters. The first kappa shape index (κ1) is 16.6. The van der Waals surface area contributed by atoms with Crippen LogP contribution in [0.1, 0.15) is 21.9 Å². The maximum absolute atomic E-state index is 13.1. The van der Waals surface area contributed by atoms with Crippen LogP contribution in [-0.2, 0) is 13.0 Å². The average Bonchev–Trinajstić information content (AvgIpc) is 3.10. The number of hydrogen-bond acceptors (Lipinski definition) is 5. The first-order valence-corrected chi connectivity index (χ1v) is 7.70. The molecule has 3 rings (SSSR count). The van der Waals surface area contributed by atoms with Gasteiger partial charge in [-0.1, -0.05) is 12.1 Å². The van der Waals surface area contributed by atoms with Gasteiger partial charge in [-0.3, -0.25) is 9.78 Å². The molecule has 1 amide bonds. The van der Waals surface area contributed by atoms with Crippen molar-refractivity contribution in [2.45, 2.75) is 13.0 Å². The normalized spacial score (nSPS) is 10.4. The minimum Gasteiger partial charge on any atom is -0.484 e. The second-order valence-corrected chi connectivity index (χ2v) is 5.24. The van der Waals surface area contributed by atoms with Crippen LogP contribution in [0.25, 0.3) is 0 Å². The molecule has 3 aromatic rings. The van der Waals surface area contributed by atoms with Gasteiger partial charge in [-0.15, -0.1) is 0 Å². The zero-order chi connectivity index (χ0) is 17.5. The fourth-order valence-electron chi connectivity index (χ4n) is 2.14. The third-order valence-corrected chi connectivity index (χ3v) is 3.36. The van der Waals surface area contributed by atoms with Crippen LogP contribution in [0.3, 0.4) is 0 Å². The van der Waals surface area contributed by atoms with Gasteiger partial charge in [0.1, 0.15) is 17.8 Å². The van der Waals surface area contributed by atoms with Crippen molar-refractivity contribution in [3.63, 3.8) is 0 Å². The zero-order valence-corrected chi connectivity index (χ0v) is 13.3. The lowest BCUT2D eigenvalue weighted by Gasteiger charge is -2.03. The highest BCUT2D eigenvalue weighted by molar-refractivity contribution is 5.91. The number of ether oxygens (including phenoxy) is 1. The average molecular weight is 341 g/mol. The molecule has 0 radical (unpaired) electrons. The first-order chi connectivity index (χ1) is 12.2. The number of hydrogen-bond donors (Lipinski definition) is 1. The van der Waals surface area contributed by atoms with Crippen molar-refractivity contribution < 1.29 is 18.3 Å². The van der Waals surface area contributed by atoms with E-state index in [2.05, 4.69) is 15.3 Å². The van der Waals surface area contributed by atoms with Gasteiger partial charge in [0.25, 0.3) is 5.91 Å². The predicted octanol–water partition coefficient (Wildman–Crippen LogP) is 2.76. The van der Waals surface area contributed by atoms with E-state index in [0.717, 1.165) is 5.56 Å². The summed E-state index contributed by atoms with van der Waals surface area (Å²) < 4.78 is 23.6. The number of pyridine rings is 1. The van der Waals surface area contributed by atoms with Crippen LogP contribution in [-0.4, -0.2) is 22.4 Å². The Labute approximate surface area is 143 Å². The molecule has 2 heterocycles. The predicted molar refractivity (Wildman–Crippen MR) is 87.5 cm³/mol. The van der Waals surface area contributed by atoms with Gasteiger partial charge < -0.3 is 14.5 Å². The summed E-state index contributed by atoms with van der Waals surface area (Å²) >= 11 is 0. The largest absolute Gasteiger partial charge is 0.484 e. The molecule has 0 spiro atoms. The molecule has 0 aliphatic carbocycles. The van der Waals surface area contributed by atoms with E-state index in [1.807, 2.05) is 12.1 Å². The van der Waals surface area contributed by atoms with Crippen molar-refractivity contribution in [3.05, 3.63) is 78.0 Å². The molecular weight excluding hydrogens is 325 g/mol. The SMILES string of the molecule is O=C(NCCc1cccnc1)c1coc(COc2cccc(F)c2)n1. The van der Waals surface area contributed by atoms with E-state index in [9.17, 15) is 9.18 Å². The van der Waals surface area contributed by atoms with Crippen molar-refractivity contribution in [2.24, 2.45) is 0 Å². The van der Waals surface area contributed by atoms with Crippen LogP contribution in [0.4, 0.5) is 4.39 Å². The first-order valence-electron chi connectivity index (χ1n) is 7.70. The third kappa shape index (κ3) is 4.87. The van der Waals surface area contributed by atoms with Crippen molar-refractivity contribution in [3.8, 4) is 5.75 Å². The van der Waals surface area contributed by atoms with Gasteiger partial charge in [0, 0.05) is 25.0 Å². The number of carbonyl (C=O) groups excluding carboxylic acids is 1. The van der Waals surface area contributed by atoms with Crippen LogP contribution in [0, 0.1) is 5.82 Å². The van der Waals surface area contributed by atoms with Crippen LogP contribution >= 0.6 is 0 Å². The quantitative estimate of drug-likeness (QED) is 0.715. The molecule has 6 nitrogen and oxygen atoms in total. The van der Waals surface area contributed by atoms with Crippen LogP contribution in [0.2, 0.25) is 0 Å². The number of carbonyl (C=O) groups is 1. The summed E-state index contributed by atoms with van der Waals surface area (Å²) in [5.74, 6) is -0.120. The molecule has 0 fully saturated rings. The molecular formula is C18H16FN3O3. The van der Waals surface area contributed by atoms with Gasteiger partial charge in [-0.05, 0) is 30.2 Å². The number of nitrogens with one attached hydrogen (secondary N) is 1. The number of nitrogens with zero attached hydrogens (tertiary/aromatic N) is 2. The molecule has 1 N–H and O–H groups in total. The van der Waals surface area contributed by atoms with Crippen molar-refractivity contribution in [1.82, 2.24) is 15.3 Å². The monoisotopic (exact) mass is 341 g/mol. The summed E-state index contributed by atoms with van der Waals surface area (Å²) in [7, 11) is 0. The van der Waals surface area contributed by atoms with Crippen LogP contribution in [0.15, 0.2) is 59.5 Å². The Morgan fingerprint density at radius 2 is 2.20 bits per heavy atom. The molecule has 0 aliphatic heterocycles. The Kier molecular flexibility index (Phi) is 5.36. The number of amides is 1. The molecule has 0 atom stereocenters. The van der Waals surface area contributed by atoms with Crippen molar-refractivity contribution >= 4 is 5.91 Å². The molecule has 1 aromatic carbocycles. The van der Waals surface area contributed by atoms with E-state index in [-0.39, 0.29) is 24.1 Å². The van der Waals surface area contributed by atoms with E-state index >= 15 is 0 Å². The fourth-order valence-corrected chi connectivity index (χ4v) is 2.14.